The van der Waals surface area contributed by atoms with Crippen LogP contribution in [0.15, 0.2) is 95.0 Å². The maximum Gasteiger partial charge on any atom is 0.283 e. The van der Waals surface area contributed by atoms with E-state index in [1.165, 1.54) is 22.9 Å². The van der Waals surface area contributed by atoms with E-state index in [9.17, 15) is 4.79 Å². The highest BCUT2D eigenvalue weighted by molar-refractivity contribution is 7.98. The molecule has 0 radical (unpaired) electrons. The van der Waals surface area contributed by atoms with E-state index >= 15 is 0 Å². The van der Waals surface area contributed by atoms with E-state index in [1.54, 1.807) is 11.7 Å². The summed E-state index contributed by atoms with van der Waals surface area (Å²) in [5.74, 6) is 1.31. The second-order valence-electron chi connectivity index (χ2n) is 7.77. The maximum atomic E-state index is 13.7. The Labute approximate surface area is 196 Å². The maximum absolute atomic E-state index is 13.7. The van der Waals surface area contributed by atoms with Gasteiger partial charge in [0.25, 0.3) is 5.56 Å². The highest BCUT2D eigenvalue weighted by Gasteiger charge is 2.19. The van der Waals surface area contributed by atoms with E-state index in [1.807, 2.05) is 60.8 Å². The summed E-state index contributed by atoms with van der Waals surface area (Å²) in [5, 5.41) is 0.620. The second kappa shape index (κ2) is 9.00. The predicted molar refractivity (Wildman–Crippen MR) is 134 cm³/mol. The van der Waals surface area contributed by atoms with Gasteiger partial charge in [0.1, 0.15) is 16.8 Å². The van der Waals surface area contributed by atoms with Crippen molar-refractivity contribution in [1.29, 1.82) is 0 Å². The lowest BCUT2D eigenvalue weighted by Gasteiger charge is -2.15. The van der Waals surface area contributed by atoms with Crippen LogP contribution in [-0.4, -0.2) is 21.6 Å². The summed E-state index contributed by atoms with van der Waals surface area (Å²) < 4.78 is 7.21. The molecule has 0 atom stereocenters. The Morgan fingerprint density at radius 1 is 0.970 bits per heavy atom. The molecule has 0 aliphatic rings. The van der Waals surface area contributed by atoms with Crippen molar-refractivity contribution in [3.05, 3.63) is 107 Å². The Bertz CT molecular complexity index is 1470. The molecule has 0 aliphatic heterocycles. The van der Waals surface area contributed by atoms with Crippen molar-refractivity contribution in [3.63, 3.8) is 0 Å². The number of benzene rings is 3. The number of methoxy groups -OCH3 is 1. The number of H-pyrrole nitrogens is 1. The molecule has 0 spiro atoms. The van der Waals surface area contributed by atoms with Crippen molar-refractivity contribution in [2.24, 2.45) is 0 Å². The number of hydrogen-bond acceptors (Lipinski definition) is 4. The van der Waals surface area contributed by atoms with Crippen LogP contribution < -0.4 is 10.3 Å². The number of rotatable bonds is 6. The lowest BCUT2D eigenvalue weighted by atomic mass is 10.1. The summed E-state index contributed by atoms with van der Waals surface area (Å²) in [6, 6.07) is 25.9. The molecule has 0 bridgehead atoms. The van der Waals surface area contributed by atoms with E-state index in [4.69, 9.17) is 9.72 Å². The molecule has 5 aromatic rings. The first kappa shape index (κ1) is 21.1. The largest absolute Gasteiger partial charge is 0.495 e. The molecular weight excluding hydrogens is 430 g/mol. The van der Waals surface area contributed by atoms with Gasteiger partial charge >= 0.3 is 0 Å². The molecule has 0 saturated carbocycles. The topological polar surface area (TPSA) is 59.9 Å². The number of para-hydroxylation sites is 2. The highest BCUT2D eigenvalue weighted by Crippen LogP contribution is 2.32. The molecule has 5 rings (SSSR count). The number of nitrogens with zero attached hydrogens (tertiary/aromatic N) is 2. The van der Waals surface area contributed by atoms with Crippen molar-refractivity contribution in [2.45, 2.75) is 17.8 Å². The van der Waals surface area contributed by atoms with E-state index in [2.05, 4.69) is 36.2 Å². The van der Waals surface area contributed by atoms with Gasteiger partial charge in [-0.3, -0.25) is 4.79 Å². The minimum Gasteiger partial charge on any atom is -0.495 e. The van der Waals surface area contributed by atoms with Crippen molar-refractivity contribution in [3.8, 4) is 22.6 Å². The normalized spacial score (nSPS) is 11.1. The minimum atomic E-state index is -0.155. The zero-order chi connectivity index (χ0) is 22.8. The van der Waals surface area contributed by atoms with Crippen LogP contribution in [0, 0.1) is 6.92 Å². The fourth-order valence-corrected chi connectivity index (χ4v) is 4.79. The molecule has 5 nitrogen and oxygen atoms in total. The van der Waals surface area contributed by atoms with E-state index in [0.717, 1.165) is 11.1 Å². The van der Waals surface area contributed by atoms with Crippen LogP contribution in [0.25, 0.3) is 27.8 Å². The van der Waals surface area contributed by atoms with Crippen LogP contribution in [0.4, 0.5) is 0 Å². The second-order valence-corrected chi connectivity index (χ2v) is 8.72. The number of nitrogens with one attached hydrogen (secondary N) is 1. The smallest absolute Gasteiger partial charge is 0.283 e. The number of aryl methyl sites for hydroxylation is 1. The third-order valence-electron chi connectivity index (χ3n) is 5.57. The Kier molecular flexibility index (Phi) is 5.75. The van der Waals surface area contributed by atoms with Crippen LogP contribution >= 0.6 is 11.8 Å². The van der Waals surface area contributed by atoms with Gasteiger partial charge in [0, 0.05) is 17.5 Å². The molecule has 0 fully saturated rings. The van der Waals surface area contributed by atoms with Crippen LogP contribution in [0.2, 0.25) is 0 Å². The number of hydrogen-bond donors (Lipinski definition) is 1. The van der Waals surface area contributed by atoms with Gasteiger partial charge in [-0.1, -0.05) is 84.1 Å². The molecule has 0 amide bonds. The standard InChI is InChI=1S/C27H23N3O2S/c1-18-12-14-19(15-13-18)17-33-27-29-24-21(20-8-4-3-5-9-20)16-28-25(24)26(31)30(27)22-10-6-7-11-23(22)32-2/h3-16,28H,17H2,1-2H3. The van der Waals surface area contributed by atoms with Crippen molar-refractivity contribution >= 4 is 22.8 Å². The molecule has 0 saturated heterocycles. The van der Waals surface area contributed by atoms with Gasteiger partial charge in [0.05, 0.1) is 12.8 Å². The van der Waals surface area contributed by atoms with E-state index in [-0.39, 0.29) is 5.56 Å². The number of aromatic amines is 1. The Morgan fingerprint density at radius 2 is 1.70 bits per heavy atom. The van der Waals surface area contributed by atoms with Crippen LogP contribution in [0.5, 0.6) is 5.75 Å². The first-order valence-corrected chi connectivity index (χ1v) is 11.7. The Balaban J connectivity index is 1.70. The molecule has 0 aliphatic carbocycles. The van der Waals surface area contributed by atoms with Crippen molar-refractivity contribution in [1.82, 2.24) is 14.5 Å². The molecule has 6 heteroatoms. The first-order chi connectivity index (χ1) is 16.2. The number of fused-ring (bicyclic) bond motifs is 1. The van der Waals surface area contributed by atoms with Gasteiger partial charge < -0.3 is 9.72 Å². The van der Waals surface area contributed by atoms with Gasteiger partial charge in [-0.25, -0.2) is 9.55 Å². The summed E-state index contributed by atoms with van der Waals surface area (Å²) in [5.41, 5.74) is 5.97. The molecule has 2 heterocycles. The predicted octanol–water partition coefficient (Wildman–Crippen LogP) is 5.99. The van der Waals surface area contributed by atoms with Crippen LogP contribution in [0.1, 0.15) is 11.1 Å². The van der Waals surface area contributed by atoms with Gasteiger partial charge in [0.2, 0.25) is 0 Å². The fourth-order valence-electron chi connectivity index (χ4n) is 3.83. The summed E-state index contributed by atoms with van der Waals surface area (Å²) in [4.78, 5) is 21.9. The Morgan fingerprint density at radius 3 is 2.45 bits per heavy atom. The van der Waals surface area contributed by atoms with Gasteiger partial charge in [-0.15, -0.1) is 0 Å². The summed E-state index contributed by atoms with van der Waals surface area (Å²) >= 11 is 1.54. The average molecular weight is 454 g/mol. The van der Waals surface area contributed by atoms with Gasteiger partial charge in [-0.05, 0) is 30.2 Å². The lowest BCUT2D eigenvalue weighted by molar-refractivity contribution is 0.411. The molecule has 1 N–H and O–H groups in total. The monoisotopic (exact) mass is 453 g/mol. The molecule has 2 aromatic heterocycles. The highest BCUT2D eigenvalue weighted by atomic mass is 32.2. The third kappa shape index (κ3) is 4.05. The average Bonchev–Trinajstić information content (AvgIpc) is 3.29. The fraction of sp³-hybridized carbons (Fsp3) is 0.111. The van der Waals surface area contributed by atoms with E-state index in [0.29, 0.717) is 33.4 Å². The quantitative estimate of drug-likeness (QED) is 0.253. The SMILES string of the molecule is COc1ccccc1-n1c(SCc2ccc(C)cc2)nc2c(-c3ccccc3)c[nH]c2c1=O. The zero-order valence-electron chi connectivity index (χ0n) is 18.4. The van der Waals surface area contributed by atoms with Crippen LogP contribution in [0.3, 0.4) is 0 Å². The summed E-state index contributed by atoms with van der Waals surface area (Å²) in [6.45, 7) is 2.07. The van der Waals surface area contributed by atoms with E-state index < -0.39 is 0 Å². The minimum absolute atomic E-state index is 0.155. The van der Waals surface area contributed by atoms with Crippen molar-refractivity contribution < 1.29 is 4.74 Å². The van der Waals surface area contributed by atoms with Gasteiger partial charge in [-0.2, -0.15) is 0 Å². The molecular formula is C27H23N3O2S. The zero-order valence-corrected chi connectivity index (χ0v) is 19.2. The number of aromatic nitrogens is 3. The lowest BCUT2D eigenvalue weighted by Crippen LogP contribution is -2.22. The molecule has 0 unspecified atom stereocenters. The molecule has 164 valence electrons. The summed E-state index contributed by atoms with van der Waals surface area (Å²) in [6.07, 6.45) is 1.86. The third-order valence-corrected chi connectivity index (χ3v) is 6.58. The molecule has 3 aromatic carbocycles. The number of ether oxygens (including phenoxy) is 1. The number of thioether (sulfide) groups is 1. The summed E-state index contributed by atoms with van der Waals surface area (Å²) in [7, 11) is 1.61. The Hall–Kier alpha value is -3.77. The first-order valence-electron chi connectivity index (χ1n) is 10.7. The van der Waals surface area contributed by atoms with Crippen LogP contribution in [-0.2, 0) is 5.75 Å². The molecule has 33 heavy (non-hydrogen) atoms. The van der Waals surface area contributed by atoms with Crippen molar-refractivity contribution in [2.75, 3.05) is 7.11 Å². The van der Waals surface area contributed by atoms with Gasteiger partial charge in [0.15, 0.2) is 5.16 Å².